The zero-order valence-corrected chi connectivity index (χ0v) is 14.1. The van der Waals surface area contributed by atoms with Gasteiger partial charge in [-0.15, -0.1) is 0 Å². The highest BCUT2D eigenvalue weighted by molar-refractivity contribution is 5.27. The van der Waals surface area contributed by atoms with Crippen molar-refractivity contribution in [1.82, 2.24) is 0 Å². The van der Waals surface area contributed by atoms with Gasteiger partial charge in [-0.2, -0.15) is 0 Å². The number of hydrogen-bond acceptors (Lipinski definition) is 2. The standard InChI is InChI=1S/C15H16O2.2C2H6/c1-12-3-7-14(8-4-12)16-11-17-15-9-5-13(2)6-10-15;2*1-2/h3-10H,11H2,1-2H3;2*1-2H3. The number of rotatable bonds is 4. The van der Waals surface area contributed by atoms with Crippen LogP contribution in [-0.2, 0) is 0 Å². The summed E-state index contributed by atoms with van der Waals surface area (Å²) in [6.45, 7) is 12.3. The lowest BCUT2D eigenvalue weighted by molar-refractivity contribution is 0.120. The van der Waals surface area contributed by atoms with E-state index in [4.69, 9.17) is 9.47 Å². The molecular weight excluding hydrogens is 260 g/mol. The molecule has 0 N–H and O–H groups in total. The summed E-state index contributed by atoms with van der Waals surface area (Å²) in [7, 11) is 0. The highest BCUT2D eigenvalue weighted by atomic mass is 16.7. The van der Waals surface area contributed by atoms with Crippen LogP contribution in [0.15, 0.2) is 48.5 Å². The van der Waals surface area contributed by atoms with Crippen molar-refractivity contribution in [2.45, 2.75) is 41.5 Å². The second-order valence-corrected chi connectivity index (χ2v) is 4.03. The third-order valence-electron chi connectivity index (χ3n) is 2.49. The third kappa shape index (κ3) is 8.03. The van der Waals surface area contributed by atoms with Crippen molar-refractivity contribution in [1.29, 1.82) is 0 Å². The van der Waals surface area contributed by atoms with E-state index in [1.54, 1.807) is 0 Å². The van der Waals surface area contributed by atoms with Crippen molar-refractivity contribution in [3.8, 4) is 11.5 Å². The zero-order valence-electron chi connectivity index (χ0n) is 14.1. The fourth-order valence-electron chi connectivity index (χ4n) is 1.43. The van der Waals surface area contributed by atoms with Gasteiger partial charge in [0.05, 0.1) is 0 Å². The van der Waals surface area contributed by atoms with E-state index in [1.807, 2.05) is 90.1 Å². The molecule has 0 saturated heterocycles. The van der Waals surface area contributed by atoms with Gasteiger partial charge in [-0.1, -0.05) is 63.1 Å². The minimum atomic E-state index is 0.228. The highest BCUT2D eigenvalue weighted by Crippen LogP contribution is 2.14. The van der Waals surface area contributed by atoms with Crippen LogP contribution < -0.4 is 9.47 Å². The average Bonchev–Trinajstić information content (AvgIpc) is 2.55. The topological polar surface area (TPSA) is 18.5 Å². The van der Waals surface area contributed by atoms with Gasteiger partial charge in [0, 0.05) is 0 Å². The van der Waals surface area contributed by atoms with Gasteiger partial charge in [0.2, 0.25) is 6.79 Å². The minimum absolute atomic E-state index is 0.228. The zero-order chi connectivity index (χ0) is 16.1. The van der Waals surface area contributed by atoms with Gasteiger partial charge in [-0.05, 0) is 38.1 Å². The van der Waals surface area contributed by atoms with Crippen molar-refractivity contribution in [3.05, 3.63) is 59.7 Å². The molecule has 0 amide bonds. The van der Waals surface area contributed by atoms with Crippen LogP contribution in [0.5, 0.6) is 11.5 Å². The lowest BCUT2D eigenvalue weighted by atomic mass is 10.2. The Kier molecular flexibility index (Phi) is 10.7. The maximum atomic E-state index is 5.47. The van der Waals surface area contributed by atoms with Gasteiger partial charge in [-0.3, -0.25) is 0 Å². The Balaban J connectivity index is 0.000000921. The maximum Gasteiger partial charge on any atom is 0.230 e. The molecule has 2 rings (SSSR count). The molecule has 0 radical (unpaired) electrons. The fraction of sp³-hybridized carbons (Fsp3) is 0.368. The molecule has 0 aliphatic heterocycles. The van der Waals surface area contributed by atoms with E-state index in [1.165, 1.54) is 11.1 Å². The van der Waals surface area contributed by atoms with Gasteiger partial charge in [-0.25, -0.2) is 0 Å². The summed E-state index contributed by atoms with van der Waals surface area (Å²) < 4.78 is 10.9. The first-order valence-corrected chi connectivity index (χ1v) is 7.63. The Labute approximate surface area is 129 Å². The molecule has 2 aromatic rings. The molecule has 21 heavy (non-hydrogen) atoms. The Morgan fingerprint density at radius 1 is 0.571 bits per heavy atom. The molecule has 0 fully saturated rings. The predicted molar refractivity (Wildman–Crippen MR) is 91.2 cm³/mol. The largest absolute Gasteiger partial charge is 0.458 e. The van der Waals surface area contributed by atoms with Crippen LogP contribution in [0, 0.1) is 13.8 Å². The summed E-state index contributed by atoms with van der Waals surface area (Å²) >= 11 is 0. The van der Waals surface area contributed by atoms with Gasteiger partial charge >= 0.3 is 0 Å². The summed E-state index contributed by atoms with van der Waals surface area (Å²) in [5, 5.41) is 0. The van der Waals surface area contributed by atoms with Crippen molar-refractivity contribution in [3.63, 3.8) is 0 Å². The number of aryl methyl sites for hydroxylation is 2. The molecule has 0 aliphatic rings. The SMILES string of the molecule is CC.CC.Cc1ccc(OCOc2ccc(C)cc2)cc1. The van der Waals surface area contributed by atoms with Crippen LogP contribution in [0.3, 0.4) is 0 Å². The first-order chi connectivity index (χ1) is 10.2. The van der Waals surface area contributed by atoms with Crippen LogP contribution in [0.4, 0.5) is 0 Å². The van der Waals surface area contributed by atoms with Gasteiger partial charge in [0.25, 0.3) is 0 Å². The molecule has 0 aromatic heterocycles. The lowest BCUT2D eigenvalue weighted by Crippen LogP contribution is -2.05. The van der Waals surface area contributed by atoms with E-state index < -0.39 is 0 Å². The van der Waals surface area contributed by atoms with Gasteiger partial charge in [0.1, 0.15) is 11.5 Å². The van der Waals surface area contributed by atoms with E-state index in [-0.39, 0.29) is 6.79 Å². The average molecular weight is 288 g/mol. The summed E-state index contributed by atoms with van der Waals surface area (Å²) in [6.07, 6.45) is 0. The maximum absolute atomic E-state index is 5.47. The first-order valence-electron chi connectivity index (χ1n) is 7.63. The molecule has 2 aromatic carbocycles. The minimum Gasteiger partial charge on any atom is -0.458 e. The van der Waals surface area contributed by atoms with Gasteiger partial charge in [0.15, 0.2) is 0 Å². The molecule has 2 nitrogen and oxygen atoms in total. The van der Waals surface area contributed by atoms with Crippen LogP contribution in [-0.4, -0.2) is 6.79 Å². The van der Waals surface area contributed by atoms with Crippen LogP contribution in [0.1, 0.15) is 38.8 Å². The summed E-state index contributed by atoms with van der Waals surface area (Å²) in [6, 6.07) is 15.8. The van der Waals surface area contributed by atoms with Gasteiger partial charge < -0.3 is 9.47 Å². The lowest BCUT2D eigenvalue weighted by Gasteiger charge is -2.08. The molecule has 116 valence electrons. The molecular formula is C19H28O2. The Hall–Kier alpha value is -1.96. The second kappa shape index (κ2) is 11.8. The number of hydrogen-bond donors (Lipinski definition) is 0. The molecule has 2 heteroatoms. The molecule has 0 unspecified atom stereocenters. The molecule has 0 heterocycles. The van der Waals surface area contributed by atoms with E-state index in [0.29, 0.717) is 0 Å². The fourth-order valence-corrected chi connectivity index (χ4v) is 1.43. The smallest absolute Gasteiger partial charge is 0.230 e. The summed E-state index contributed by atoms with van der Waals surface area (Å²) in [4.78, 5) is 0. The van der Waals surface area contributed by atoms with Crippen molar-refractivity contribution in [2.24, 2.45) is 0 Å². The van der Waals surface area contributed by atoms with Crippen molar-refractivity contribution < 1.29 is 9.47 Å². The normalized spacial score (nSPS) is 8.67. The molecule has 0 bridgehead atoms. The molecule has 0 saturated carbocycles. The molecule has 0 aliphatic carbocycles. The van der Waals surface area contributed by atoms with Crippen LogP contribution in [0.2, 0.25) is 0 Å². The Bertz CT molecular complexity index is 412. The summed E-state index contributed by atoms with van der Waals surface area (Å²) in [5.74, 6) is 1.64. The number of benzene rings is 2. The van der Waals surface area contributed by atoms with Crippen molar-refractivity contribution in [2.75, 3.05) is 6.79 Å². The van der Waals surface area contributed by atoms with Crippen molar-refractivity contribution >= 4 is 0 Å². The van der Waals surface area contributed by atoms with E-state index >= 15 is 0 Å². The predicted octanol–water partition coefficient (Wildman–Crippen LogP) is 5.77. The monoisotopic (exact) mass is 288 g/mol. The van der Waals surface area contributed by atoms with E-state index in [9.17, 15) is 0 Å². The first kappa shape index (κ1) is 19.0. The van der Waals surface area contributed by atoms with Crippen LogP contribution in [0.25, 0.3) is 0 Å². The highest BCUT2D eigenvalue weighted by Gasteiger charge is 1.95. The quantitative estimate of drug-likeness (QED) is 0.665. The Morgan fingerprint density at radius 2 is 0.857 bits per heavy atom. The summed E-state index contributed by atoms with van der Waals surface area (Å²) in [5.41, 5.74) is 2.44. The number of ether oxygens (including phenoxy) is 2. The Morgan fingerprint density at radius 3 is 1.14 bits per heavy atom. The molecule has 0 spiro atoms. The second-order valence-electron chi connectivity index (χ2n) is 4.03. The van der Waals surface area contributed by atoms with E-state index in [0.717, 1.165) is 11.5 Å². The van der Waals surface area contributed by atoms with Crippen LogP contribution >= 0.6 is 0 Å². The third-order valence-corrected chi connectivity index (χ3v) is 2.49. The van der Waals surface area contributed by atoms with E-state index in [2.05, 4.69) is 0 Å². The molecule has 0 atom stereocenters.